The largest absolute Gasteiger partial charge is 0.508 e. The van der Waals surface area contributed by atoms with Crippen LogP contribution in [0.4, 0.5) is 0 Å². The SMILES string of the molecule is Oc1cccc([C@@H](O)CNCc2ccc(-c3ccccc3)cc2)c1. The molecule has 3 aromatic rings. The monoisotopic (exact) mass is 319 g/mol. The molecule has 0 aliphatic heterocycles. The van der Waals surface area contributed by atoms with Gasteiger partial charge < -0.3 is 15.5 Å². The van der Waals surface area contributed by atoms with Gasteiger partial charge in [-0.15, -0.1) is 0 Å². The van der Waals surface area contributed by atoms with Gasteiger partial charge in [0.15, 0.2) is 0 Å². The molecule has 0 saturated carbocycles. The molecule has 0 bridgehead atoms. The van der Waals surface area contributed by atoms with E-state index in [-0.39, 0.29) is 5.75 Å². The standard InChI is InChI=1S/C21H21NO2/c23-20-8-4-7-19(13-20)21(24)15-22-14-16-9-11-18(12-10-16)17-5-2-1-3-6-17/h1-13,21-24H,14-15H2/t21-/m0/s1. The molecule has 0 unspecified atom stereocenters. The van der Waals surface area contributed by atoms with E-state index in [0.717, 1.165) is 5.56 Å². The third-order valence-corrected chi connectivity index (χ3v) is 3.98. The lowest BCUT2D eigenvalue weighted by Gasteiger charge is -2.13. The Hall–Kier alpha value is -2.62. The van der Waals surface area contributed by atoms with Gasteiger partial charge in [-0.1, -0.05) is 66.7 Å². The highest BCUT2D eigenvalue weighted by atomic mass is 16.3. The fourth-order valence-corrected chi connectivity index (χ4v) is 2.65. The van der Waals surface area contributed by atoms with E-state index in [2.05, 4.69) is 41.7 Å². The Kier molecular flexibility index (Phi) is 5.26. The van der Waals surface area contributed by atoms with Crippen molar-refractivity contribution in [3.63, 3.8) is 0 Å². The lowest BCUT2D eigenvalue weighted by Crippen LogP contribution is -2.21. The van der Waals surface area contributed by atoms with Gasteiger partial charge in [0.25, 0.3) is 0 Å². The maximum absolute atomic E-state index is 10.1. The molecule has 0 amide bonds. The van der Waals surface area contributed by atoms with Crippen molar-refractivity contribution in [3.05, 3.63) is 90.0 Å². The summed E-state index contributed by atoms with van der Waals surface area (Å²) in [6, 6.07) is 25.4. The predicted molar refractivity (Wildman–Crippen MR) is 96.7 cm³/mol. The topological polar surface area (TPSA) is 52.5 Å². The van der Waals surface area contributed by atoms with Gasteiger partial charge in [-0.2, -0.15) is 0 Å². The van der Waals surface area contributed by atoms with Crippen molar-refractivity contribution >= 4 is 0 Å². The summed E-state index contributed by atoms with van der Waals surface area (Å²) >= 11 is 0. The van der Waals surface area contributed by atoms with Crippen molar-refractivity contribution < 1.29 is 10.2 Å². The van der Waals surface area contributed by atoms with Gasteiger partial charge >= 0.3 is 0 Å². The van der Waals surface area contributed by atoms with Gasteiger partial charge in [-0.25, -0.2) is 0 Å². The molecule has 0 aliphatic carbocycles. The zero-order valence-corrected chi connectivity index (χ0v) is 13.4. The number of benzene rings is 3. The number of aliphatic hydroxyl groups is 1. The number of hydrogen-bond donors (Lipinski definition) is 3. The zero-order valence-electron chi connectivity index (χ0n) is 13.4. The molecule has 1 atom stereocenters. The minimum Gasteiger partial charge on any atom is -0.508 e. The summed E-state index contributed by atoms with van der Waals surface area (Å²) < 4.78 is 0. The van der Waals surface area contributed by atoms with Crippen molar-refractivity contribution in [3.8, 4) is 16.9 Å². The van der Waals surface area contributed by atoms with Gasteiger partial charge in [0, 0.05) is 13.1 Å². The van der Waals surface area contributed by atoms with Crippen LogP contribution in [-0.4, -0.2) is 16.8 Å². The van der Waals surface area contributed by atoms with Crippen molar-refractivity contribution in [2.45, 2.75) is 12.6 Å². The molecule has 3 N–H and O–H groups in total. The second-order valence-electron chi connectivity index (χ2n) is 5.80. The lowest BCUT2D eigenvalue weighted by atomic mass is 10.0. The molecule has 0 aliphatic rings. The number of nitrogens with one attached hydrogen (secondary N) is 1. The summed E-state index contributed by atoms with van der Waals surface area (Å²) in [5, 5.41) is 22.8. The molecule has 0 radical (unpaired) electrons. The number of phenolic OH excluding ortho intramolecular Hbond substituents is 1. The fourth-order valence-electron chi connectivity index (χ4n) is 2.65. The lowest BCUT2D eigenvalue weighted by molar-refractivity contribution is 0.174. The van der Waals surface area contributed by atoms with Crippen LogP contribution >= 0.6 is 0 Å². The molecule has 0 saturated heterocycles. The van der Waals surface area contributed by atoms with Crippen LogP contribution in [0.3, 0.4) is 0 Å². The van der Waals surface area contributed by atoms with Crippen LogP contribution in [0, 0.1) is 0 Å². The van der Waals surface area contributed by atoms with Crippen molar-refractivity contribution in [1.82, 2.24) is 5.32 Å². The van der Waals surface area contributed by atoms with Gasteiger partial charge in [-0.3, -0.25) is 0 Å². The molecule has 3 rings (SSSR count). The van der Waals surface area contributed by atoms with Crippen LogP contribution in [0.1, 0.15) is 17.2 Å². The van der Waals surface area contributed by atoms with Crippen molar-refractivity contribution in [2.24, 2.45) is 0 Å². The van der Waals surface area contributed by atoms with E-state index >= 15 is 0 Å². The minimum absolute atomic E-state index is 0.169. The van der Waals surface area contributed by atoms with E-state index in [1.165, 1.54) is 11.1 Å². The molecular formula is C21H21NO2. The van der Waals surface area contributed by atoms with Crippen LogP contribution in [0.15, 0.2) is 78.9 Å². The van der Waals surface area contributed by atoms with E-state index in [1.54, 1.807) is 24.3 Å². The first-order chi connectivity index (χ1) is 11.7. The third-order valence-electron chi connectivity index (χ3n) is 3.98. The molecule has 0 fully saturated rings. The normalized spacial score (nSPS) is 12.0. The average molecular weight is 319 g/mol. The van der Waals surface area contributed by atoms with E-state index in [0.29, 0.717) is 18.7 Å². The van der Waals surface area contributed by atoms with Crippen LogP contribution in [0.2, 0.25) is 0 Å². The molecule has 0 heterocycles. The summed E-state index contributed by atoms with van der Waals surface area (Å²) in [4.78, 5) is 0. The maximum atomic E-state index is 10.1. The summed E-state index contributed by atoms with van der Waals surface area (Å²) in [6.07, 6.45) is -0.638. The molecule has 24 heavy (non-hydrogen) atoms. The minimum atomic E-state index is -0.638. The smallest absolute Gasteiger partial charge is 0.115 e. The third kappa shape index (κ3) is 4.22. The first-order valence-electron chi connectivity index (χ1n) is 8.04. The predicted octanol–water partition coefficient (Wildman–Crippen LogP) is 3.88. The number of phenols is 1. The Balaban J connectivity index is 1.54. The Morgan fingerprint density at radius 3 is 2.21 bits per heavy atom. The Bertz CT molecular complexity index is 769. The molecule has 3 nitrogen and oxygen atoms in total. The highest BCUT2D eigenvalue weighted by Crippen LogP contribution is 2.20. The van der Waals surface area contributed by atoms with Gasteiger partial charge in [-0.05, 0) is 34.4 Å². The van der Waals surface area contributed by atoms with E-state index < -0.39 is 6.10 Å². The van der Waals surface area contributed by atoms with E-state index in [1.807, 2.05) is 18.2 Å². The van der Waals surface area contributed by atoms with Crippen molar-refractivity contribution in [1.29, 1.82) is 0 Å². The average Bonchev–Trinajstić information content (AvgIpc) is 2.63. The number of hydrogen-bond acceptors (Lipinski definition) is 3. The summed E-state index contributed by atoms with van der Waals surface area (Å²) in [7, 11) is 0. The number of rotatable bonds is 6. The van der Waals surface area contributed by atoms with Gasteiger partial charge in [0.1, 0.15) is 5.75 Å². The van der Waals surface area contributed by atoms with Gasteiger partial charge in [0.2, 0.25) is 0 Å². The maximum Gasteiger partial charge on any atom is 0.115 e. The fraction of sp³-hybridized carbons (Fsp3) is 0.143. The first-order valence-corrected chi connectivity index (χ1v) is 8.04. The molecule has 122 valence electrons. The van der Waals surface area contributed by atoms with Crippen molar-refractivity contribution in [2.75, 3.05) is 6.54 Å². The van der Waals surface area contributed by atoms with Crippen LogP contribution in [0.25, 0.3) is 11.1 Å². The molecular weight excluding hydrogens is 298 g/mol. The summed E-state index contributed by atoms with van der Waals surface area (Å²) in [5.74, 6) is 0.169. The van der Waals surface area contributed by atoms with E-state index in [4.69, 9.17) is 0 Å². The Morgan fingerprint density at radius 2 is 1.50 bits per heavy atom. The quantitative estimate of drug-likeness (QED) is 0.646. The van der Waals surface area contributed by atoms with Crippen LogP contribution in [0.5, 0.6) is 5.75 Å². The molecule has 3 aromatic carbocycles. The van der Waals surface area contributed by atoms with Crippen LogP contribution in [-0.2, 0) is 6.54 Å². The second-order valence-corrected chi connectivity index (χ2v) is 5.80. The Labute approximate surface area is 142 Å². The highest BCUT2D eigenvalue weighted by Gasteiger charge is 2.07. The van der Waals surface area contributed by atoms with Gasteiger partial charge in [0.05, 0.1) is 6.10 Å². The molecule has 3 heteroatoms. The summed E-state index contributed by atoms with van der Waals surface area (Å²) in [6.45, 7) is 1.12. The van der Waals surface area contributed by atoms with Crippen LogP contribution < -0.4 is 5.32 Å². The molecule has 0 spiro atoms. The second kappa shape index (κ2) is 7.77. The number of aliphatic hydroxyl groups excluding tert-OH is 1. The number of aromatic hydroxyl groups is 1. The summed E-state index contributed by atoms with van der Waals surface area (Å²) in [5.41, 5.74) is 4.27. The zero-order chi connectivity index (χ0) is 16.8. The van der Waals surface area contributed by atoms with E-state index in [9.17, 15) is 10.2 Å². The Morgan fingerprint density at radius 1 is 0.792 bits per heavy atom. The highest BCUT2D eigenvalue weighted by molar-refractivity contribution is 5.63. The first kappa shape index (κ1) is 16.2. The molecule has 0 aromatic heterocycles.